The molecule has 4 N–H and O–H groups in total. The third-order valence-corrected chi connectivity index (χ3v) is 12.9. The molecule has 0 spiro atoms. The van der Waals surface area contributed by atoms with Gasteiger partial charge in [-0.05, 0) is 64.2 Å². The SMILES string of the molecule is CCCCC/C=C/C/C=C/CCCCCCCC(=O)OC[C@H](CO[C@H]1O[C@H](CS(=O)(=O)O)[C@@H](O)C(O)C1O)OC(=O)CCC/C=C/CCCCCCCCCCCCCCCCCCCC. The van der Waals surface area contributed by atoms with Gasteiger partial charge in [-0.2, -0.15) is 8.42 Å². The highest BCUT2D eigenvalue weighted by atomic mass is 32.2. The van der Waals surface area contributed by atoms with Gasteiger partial charge in [-0.1, -0.05) is 192 Å². The van der Waals surface area contributed by atoms with Crippen molar-refractivity contribution in [1.82, 2.24) is 0 Å². The van der Waals surface area contributed by atoms with E-state index < -0.39 is 71.2 Å². The van der Waals surface area contributed by atoms with Crippen LogP contribution in [0.2, 0.25) is 0 Å². The molecule has 12 nitrogen and oxygen atoms in total. The van der Waals surface area contributed by atoms with Crippen molar-refractivity contribution in [3.8, 4) is 0 Å². The van der Waals surface area contributed by atoms with E-state index in [0.29, 0.717) is 19.3 Å². The number of hydrogen-bond acceptors (Lipinski definition) is 11. The van der Waals surface area contributed by atoms with E-state index in [1.165, 1.54) is 128 Å². The molecular formula is C53H96O12S. The van der Waals surface area contributed by atoms with Crippen LogP contribution >= 0.6 is 0 Å². The summed E-state index contributed by atoms with van der Waals surface area (Å²) in [5.74, 6) is -2.03. The average molecular weight is 957 g/mol. The van der Waals surface area contributed by atoms with Crippen molar-refractivity contribution in [3.63, 3.8) is 0 Å². The van der Waals surface area contributed by atoms with Crippen molar-refractivity contribution in [1.29, 1.82) is 0 Å². The molecule has 2 unspecified atom stereocenters. The zero-order valence-electron chi connectivity index (χ0n) is 41.6. The van der Waals surface area contributed by atoms with Gasteiger partial charge in [0.1, 0.15) is 36.8 Å². The van der Waals surface area contributed by atoms with Crippen molar-refractivity contribution < 1.29 is 56.8 Å². The molecule has 0 saturated carbocycles. The third-order valence-electron chi connectivity index (χ3n) is 12.2. The fourth-order valence-electron chi connectivity index (χ4n) is 8.07. The summed E-state index contributed by atoms with van der Waals surface area (Å²) in [6.45, 7) is 3.73. The maximum Gasteiger partial charge on any atom is 0.306 e. The van der Waals surface area contributed by atoms with E-state index >= 15 is 0 Å². The fourth-order valence-corrected chi connectivity index (χ4v) is 8.76. The van der Waals surface area contributed by atoms with Gasteiger partial charge in [0.25, 0.3) is 10.1 Å². The van der Waals surface area contributed by atoms with Gasteiger partial charge in [-0.25, -0.2) is 0 Å². The molecule has 0 amide bonds. The molecule has 1 rings (SSSR count). The Balaban J connectivity index is 2.36. The minimum absolute atomic E-state index is 0.115. The first-order chi connectivity index (χ1) is 32.0. The molecule has 0 aromatic carbocycles. The van der Waals surface area contributed by atoms with E-state index in [0.717, 1.165) is 57.8 Å². The largest absolute Gasteiger partial charge is 0.462 e. The topological polar surface area (TPSA) is 186 Å². The number of rotatable bonds is 45. The second-order valence-electron chi connectivity index (χ2n) is 18.5. The van der Waals surface area contributed by atoms with Crippen LogP contribution in [0.4, 0.5) is 0 Å². The van der Waals surface area contributed by atoms with E-state index in [9.17, 15) is 37.9 Å². The van der Waals surface area contributed by atoms with Crippen LogP contribution in [0.15, 0.2) is 36.5 Å². The molecule has 1 saturated heterocycles. The van der Waals surface area contributed by atoms with Gasteiger partial charge in [0.2, 0.25) is 0 Å². The van der Waals surface area contributed by atoms with Crippen LogP contribution in [0.5, 0.6) is 0 Å². The van der Waals surface area contributed by atoms with Gasteiger partial charge in [0.05, 0.1) is 6.61 Å². The Hall–Kier alpha value is -2.13. The van der Waals surface area contributed by atoms with E-state index in [4.69, 9.17) is 18.9 Å². The van der Waals surface area contributed by atoms with Crippen LogP contribution in [0.1, 0.15) is 232 Å². The van der Waals surface area contributed by atoms with Crippen LogP contribution in [0.3, 0.4) is 0 Å². The van der Waals surface area contributed by atoms with E-state index in [2.05, 4.69) is 50.3 Å². The quantitative estimate of drug-likeness (QED) is 0.0196. The lowest BCUT2D eigenvalue weighted by Gasteiger charge is -2.40. The molecule has 0 radical (unpaired) electrons. The lowest BCUT2D eigenvalue weighted by atomic mass is 10.00. The molecule has 1 fully saturated rings. The minimum atomic E-state index is -4.61. The molecular weight excluding hydrogens is 861 g/mol. The lowest BCUT2D eigenvalue weighted by Crippen LogP contribution is -2.60. The molecule has 0 aromatic heterocycles. The van der Waals surface area contributed by atoms with E-state index in [1.54, 1.807) is 0 Å². The fraction of sp³-hybridized carbons (Fsp3) is 0.849. The first-order valence-corrected chi connectivity index (χ1v) is 28.2. The highest BCUT2D eigenvalue weighted by molar-refractivity contribution is 7.85. The average Bonchev–Trinajstić information content (AvgIpc) is 3.28. The number of carbonyl (C=O) groups excluding carboxylic acids is 2. The van der Waals surface area contributed by atoms with Crippen molar-refractivity contribution in [3.05, 3.63) is 36.5 Å². The molecule has 66 heavy (non-hydrogen) atoms. The minimum Gasteiger partial charge on any atom is -0.462 e. The number of ether oxygens (including phenoxy) is 4. The van der Waals surface area contributed by atoms with Crippen LogP contribution in [0.25, 0.3) is 0 Å². The maximum atomic E-state index is 12.9. The number of unbranched alkanes of at least 4 members (excludes halogenated alkanes) is 27. The summed E-state index contributed by atoms with van der Waals surface area (Å²) in [6.07, 6.45) is 42.0. The van der Waals surface area contributed by atoms with Crippen LogP contribution < -0.4 is 0 Å². The second-order valence-corrected chi connectivity index (χ2v) is 20.0. The van der Waals surface area contributed by atoms with Gasteiger partial charge in [-0.15, -0.1) is 0 Å². The molecule has 0 aromatic rings. The first kappa shape index (κ1) is 61.9. The van der Waals surface area contributed by atoms with Gasteiger partial charge in [0.15, 0.2) is 12.4 Å². The maximum absolute atomic E-state index is 12.9. The molecule has 0 aliphatic carbocycles. The lowest BCUT2D eigenvalue weighted by molar-refractivity contribution is -0.297. The van der Waals surface area contributed by atoms with Gasteiger partial charge >= 0.3 is 11.9 Å². The highest BCUT2D eigenvalue weighted by Crippen LogP contribution is 2.24. The number of carbonyl (C=O) groups is 2. The third kappa shape index (κ3) is 36.9. The zero-order valence-corrected chi connectivity index (χ0v) is 42.4. The summed E-state index contributed by atoms with van der Waals surface area (Å²) in [5.41, 5.74) is 0. The smallest absolute Gasteiger partial charge is 0.306 e. The van der Waals surface area contributed by atoms with Gasteiger partial charge in [0, 0.05) is 12.8 Å². The predicted octanol–water partition coefficient (Wildman–Crippen LogP) is 12.1. The molecule has 1 heterocycles. The van der Waals surface area contributed by atoms with Crippen molar-refractivity contribution in [2.75, 3.05) is 19.0 Å². The molecule has 386 valence electrons. The normalized spacial score (nSPS) is 19.6. The Bertz CT molecular complexity index is 1350. The zero-order chi connectivity index (χ0) is 48.4. The van der Waals surface area contributed by atoms with Gasteiger partial charge in [-0.3, -0.25) is 14.1 Å². The number of aliphatic hydroxyl groups is 3. The summed E-state index contributed by atoms with van der Waals surface area (Å²) in [5, 5.41) is 31.0. The van der Waals surface area contributed by atoms with Crippen LogP contribution in [0, 0.1) is 0 Å². The Kier molecular flexibility index (Phi) is 40.3. The monoisotopic (exact) mass is 957 g/mol. The van der Waals surface area contributed by atoms with Crippen LogP contribution in [-0.2, 0) is 38.7 Å². The number of esters is 2. The molecule has 6 atom stereocenters. The van der Waals surface area contributed by atoms with Crippen LogP contribution in [-0.4, -0.2) is 96.0 Å². The van der Waals surface area contributed by atoms with E-state index in [1.807, 2.05) is 0 Å². The highest BCUT2D eigenvalue weighted by Gasteiger charge is 2.46. The summed E-state index contributed by atoms with van der Waals surface area (Å²) in [4.78, 5) is 25.5. The Morgan fingerprint density at radius 1 is 0.515 bits per heavy atom. The summed E-state index contributed by atoms with van der Waals surface area (Å²) >= 11 is 0. The summed E-state index contributed by atoms with van der Waals surface area (Å²) in [6, 6.07) is 0. The number of allylic oxidation sites excluding steroid dienone is 6. The summed E-state index contributed by atoms with van der Waals surface area (Å²) in [7, 11) is -4.61. The second kappa shape index (κ2) is 42.9. The predicted molar refractivity (Wildman–Crippen MR) is 266 cm³/mol. The molecule has 1 aliphatic heterocycles. The number of aliphatic hydroxyl groups excluding tert-OH is 3. The van der Waals surface area contributed by atoms with Crippen molar-refractivity contribution in [2.24, 2.45) is 0 Å². The molecule has 0 bridgehead atoms. The Morgan fingerprint density at radius 2 is 0.924 bits per heavy atom. The first-order valence-electron chi connectivity index (χ1n) is 26.5. The Labute approximate surface area is 401 Å². The van der Waals surface area contributed by atoms with E-state index in [-0.39, 0.29) is 19.4 Å². The van der Waals surface area contributed by atoms with Gasteiger partial charge < -0.3 is 34.3 Å². The molecule has 1 aliphatic rings. The number of hydrogen-bond donors (Lipinski definition) is 4. The summed E-state index contributed by atoms with van der Waals surface area (Å²) < 4.78 is 54.2. The van der Waals surface area contributed by atoms with Crippen molar-refractivity contribution in [2.45, 2.75) is 269 Å². The molecule has 13 heteroatoms. The Morgan fingerprint density at radius 3 is 1.42 bits per heavy atom. The van der Waals surface area contributed by atoms with Crippen molar-refractivity contribution >= 4 is 22.1 Å². The standard InChI is InChI=1S/C53H96O12S/c1-3-5-7-9-11-13-15-17-19-20-21-22-23-24-25-26-28-30-32-34-36-38-40-42-49(55)64-46(44-63-53-52(58)51(57)50(56)47(65-53)45-66(59,60)61)43-62-48(54)41-39-37-35-33-31-29-27-18-16-14-12-10-8-6-4-2/h12,14,18,27,34,36,46-47,50-53,56-58H,3-11,13,15-17,19-26,28-33,35,37-45H2,1-2H3,(H,59,60,61)/b14-12+,27-18+,36-34+/t46-,47-,50-,51?,52?,53+/m1/s1.